The van der Waals surface area contributed by atoms with Crippen molar-refractivity contribution in [1.82, 2.24) is 4.98 Å². The zero-order chi connectivity index (χ0) is 13.0. The monoisotopic (exact) mass is 299 g/mol. The van der Waals surface area contributed by atoms with Crippen LogP contribution < -0.4 is 4.74 Å². The molecule has 0 aliphatic rings. The van der Waals surface area contributed by atoms with Crippen molar-refractivity contribution in [3.05, 3.63) is 23.0 Å². The van der Waals surface area contributed by atoms with Crippen LogP contribution in [0.15, 0.2) is 6.20 Å². The molecule has 0 aliphatic heterocycles. The van der Waals surface area contributed by atoms with Crippen LogP contribution in [-0.2, 0) is 6.42 Å². The van der Waals surface area contributed by atoms with Gasteiger partial charge in [-0.05, 0) is 32.6 Å². The Balaban J connectivity index is 2.85. The van der Waals surface area contributed by atoms with E-state index in [9.17, 15) is 0 Å². The smallest absolute Gasteiger partial charge is 0.128 e. The molecule has 0 fully saturated rings. The van der Waals surface area contributed by atoms with Crippen molar-refractivity contribution in [3.8, 4) is 5.75 Å². The van der Waals surface area contributed by atoms with Gasteiger partial charge in [0.25, 0.3) is 0 Å². The van der Waals surface area contributed by atoms with Crippen LogP contribution in [0.2, 0.25) is 0 Å². The molecule has 0 saturated carbocycles. The summed E-state index contributed by atoms with van der Waals surface area (Å²) < 4.78 is 5.43. The van der Waals surface area contributed by atoms with Gasteiger partial charge in [0.15, 0.2) is 0 Å². The number of rotatable bonds is 5. The van der Waals surface area contributed by atoms with E-state index in [1.807, 2.05) is 13.1 Å². The van der Waals surface area contributed by atoms with Gasteiger partial charge in [-0.1, -0.05) is 29.8 Å². The van der Waals surface area contributed by atoms with Crippen LogP contribution in [0.25, 0.3) is 0 Å². The van der Waals surface area contributed by atoms with Gasteiger partial charge in [-0.15, -0.1) is 0 Å². The normalized spacial score (nSPS) is 14.5. The van der Waals surface area contributed by atoms with Crippen LogP contribution in [0, 0.1) is 19.8 Å². The molecule has 0 aromatic carbocycles. The molecule has 2 nitrogen and oxygen atoms in total. The van der Waals surface area contributed by atoms with Crippen LogP contribution in [0.3, 0.4) is 0 Å². The van der Waals surface area contributed by atoms with E-state index in [4.69, 9.17) is 4.74 Å². The first-order chi connectivity index (χ1) is 7.95. The minimum atomic E-state index is 0.560. The Labute approximate surface area is 113 Å². The second kappa shape index (κ2) is 6.39. The van der Waals surface area contributed by atoms with E-state index in [-0.39, 0.29) is 0 Å². The standard InChI is InChI=1S/C14H22BrNO/c1-9(6-11(3)15)7-13-12(4)14(17-5)10(2)8-16-13/h8-9,11H,6-7H2,1-5H3. The average Bonchev–Trinajstić information content (AvgIpc) is 2.22. The number of alkyl halides is 1. The molecule has 0 N–H and O–H groups in total. The van der Waals surface area contributed by atoms with E-state index in [1.165, 1.54) is 5.56 Å². The third-order valence-corrected chi connectivity index (χ3v) is 3.39. The maximum atomic E-state index is 5.43. The van der Waals surface area contributed by atoms with E-state index in [2.05, 4.69) is 41.7 Å². The number of hydrogen-bond acceptors (Lipinski definition) is 2. The molecule has 0 spiro atoms. The van der Waals surface area contributed by atoms with E-state index in [1.54, 1.807) is 7.11 Å². The molecule has 0 radical (unpaired) electrons. The van der Waals surface area contributed by atoms with Crippen LogP contribution in [0.4, 0.5) is 0 Å². The zero-order valence-electron chi connectivity index (χ0n) is 11.4. The third kappa shape index (κ3) is 3.98. The highest BCUT2D eigenvalue weighted by Crippen LogP contribution is 2.26. The second-order valence-electron chi connectivity index (χ2n) is 4.87. The molecule has 0 aliphatic carbocycles. The Hall–Kier alpha value is -0.570. The molecular weight excluding hydrogens is 278 g/mol. The van der Waals surface area contributed by atoms with Crippen molar-refractivity contribution in [3.63, 3.8) is 0 Å². The number of aryl methyl sites for hydroxylation is 1. The van der Waals surface area contributed by atoms with Crippen molar-refractivity contribution >= 4 is 15.9 Å². The number of nitrogens with zero attached hydrogens (tertiary/aromatic N) is 1. The van der Waals surface area contributed by atoms with Gasteiger partial charge in [0.1, 0.15) is 5.75 Å². The average molecular weight is 300 g/mol. The van der Waals surface area contributed by atoms with Crippen molar-refractivity contribution in [1.29, 1.82) is 0 Å². The minimum Gasteiger partial charge on any atom is -0.496 e. The quantitative estimate of drug-likeness (QED) is 0.765. The fourth-order valence-corrected chi connectivity index (χ4v) is 2.88. The molecular formula is C14H22BrNO. The molecule has 0 amide bonds. The predicted octanol–water partition coefficient (Wildman–Crippen LogP) is 4.06. The highest BCUT2D eigenvalue weighted by atomic mass is 79.9. The summed E-state index contributed by atoms with van der Waals surface area (Å²) in [5.74, 6) is 1.61. The first-order valence-electron chi connectivity index (χ1n) is 6.08. The number of halogens is 1. The highest BCUT2D eigenvalue weighted by Gasteiger charge is 2.13. The molecule has 96 valence electrons. The lowest BCUT2D eigenvalue weighted by Gasteiger charge is -2.16. The SMILES string of the molecule is COc1c(C)cnc(CC(C)CC(C)Br)c1C. The van der Waals surface area contributed by atoms with Gasteiger partial charge in [-0.2, -0.15) is 0 Å². The summed E-state index contributed by atoms with van der Waals surface area (Å²) in [6.45, 7) is 8.59. The molecule has 2 atom stereocenters. The summed E-state index contributed by atoms with van der Waals surface area (Å²) in [5, 5.41) is 0. The Morgan fingerprint density at radius 1 is 1.35 bits per heavy atom. The Morgan fingerprint density at radius 2 is 2.00 bits per heavy atom. The molecule has 1 rings (SSSR count). The van der Waals surface area contributed by atoms with Gasteiger partial charge in [-0.25, -0.2) is 0 Å². The summed E-state index contributed by atoms with van der Waals surface area (Å²) in [6.07, 6.45) is 4.08. The molecule has 3 heteroatoms. The van der Waals surface area contributed by atoms with E-state index >= 15 is 0 Å². The number of hydrogen-bond donors (Lipinski definition) is 0. The summed E-state index contributed by atoms with van der Waals surface area (Å²) in [4.78, 5) is 5.10. The fourth-order valence-electron chi connectivity index (χ4n) is 2.24. The van der Waals surface area contributed by atoms with Crippen molar-refractivity contribution in [2.75, 3.05) is 7.11 Å². The van der Waals surface area contributed by atoms with Gasteiger partial charge in [0.2, 0.25) is 0 Å². The Kier molecular flexibility index (Phi) is 5.44. The van der Waals surface area contributed by atoms with E-state index in [0.717, 1.165) is 29.8 Å². The van der Waals surface area contributed by atoms with Crippen molar-refractivity contribution in [2.24, 2.45) is 5.92 Å². The summed E-state index contributed by atoms with van der Waals surface area (Å²) in [6, 6.07) is 0. The Bertz CT molecular complexity index is 377. The van der Waals surface area contributed by atoms with Crippen LogP contribution in [0.5, 0.6) is 5.75 Å². The molecule has 1 aromatic heterocycles. The predicted molar refractivity (Wildman–Crippen MR) is 76.1 cm³/mol. The van der Waals surface area contributed by atoms with Crippen molar-refractivity contribution in [2.45, 2.75) is 45.4 Å². The lowest BCUT2D eigenvalue weighted by Crippen LogP contribution is -2.08. The second-order valence-corrected chi connectivity index (χ2v) is 6.44. The molecule has 1 heterocycles. The largest absolute Gasteiger partial charge is 0.496 e. The van der Waals surface area contributed by atoms with Crippen LogP contribution >= 0.6 is 15.9 Å². The van der Waals surface area contributed by atoms with Gasteiger partial charge < -0.3 is 4.74 Å². The number of pyridine rings is 1. The molecule has 0 saturated heterocycles. The zero-order valence-corrected chi connectivity index (χ0v) is 13.0. The maximum Gasteiger partial charge on any atom is 0.128 e. The fraction of sp³-hybridized carbons (Fsp3) is 0.643. The van der Waals surface area contributed by atoms with Crippen LogP contribution in [0.1, 0.15) is 37.1 Å². The number of methoxy groups -OCH3 is 1. The van der Waals surface area contributed by atoms with E-state index < -0.39 is 0 Å². The van der Waals surface area contributed by atoms with E-state index in [0.29, 0.717) is 10.7 Å². The lowest BCUT2D eigenvalue weighted by molar-refractivity contribution is 0.405. The first-order valence-corrected chi connectivity index (χ1v) is 7.00. The summed E-state index contributed by atoms with van der Waals surface area (Å²) >= 11 is 3.60. The molecule has 1 aromatic rings. The third-order valence-electron chi connectivity index (χ3n) is 3.02. The Morgan fingerprint density at radius 3 is 2.53 bits per heavy atom. The topological polar surface area (TPSA) is 22.1 Å². The number of ether oxygens (including phenoxy) is 1. The molecule has 17 heavy (non-hydrogen) atoms. The molecule has 0 bridgehead atoms. The van der Waals surface area contributed by atoms with Gasteiger partial charge in [0, 0.05) is 27.8 Å². The maximum absolute atomic E-state index is 5.43. The minimum absolute atomic E-state index is 0.560. The number of aromatic nitrogens is 1. The van der Waals surface area contributed by atoms with Gasteiger partial charge in [-0.3, -0.25) is 4.98 Å². The van der Waals surface area contributed by atoms with Crippen LogP contribution in [-0.4, -0.2) is 16.9 Å². The first kappa shape index (κ1) is 14.5. The van der Waals surface area contributed by atoms with Crippen molar-refractivity contribution < 1.29 is 4.74 Å². The summed E-state index contributed by atoms with van der Waals surface area (Å²) in [7, 11) is 1.73. The van der Waals surface area contributed by atoms with Gasteiger partial charge in [0.05, 0.1) is 7.11 Å². The van der Waals surface area contributed by atoms with Gasteiger partial charge >= 0.3 is 0 Å². The lowest BCUT2D eigenvalue weighted by atomic mass is 9.97. The summed E-state index contributed by atoms with van der Waals surface area (Å²) in [5.41, 5.74) is 3.45. The highest BCUT2D eigenvalue weighted by molar-refractivity contribution is 9.09. The molecule has 2 unspecified atom stereocenters.